The zero-order chi connectivity index (χ0) is 17.4. The number of carbonyl (C=O) groups excluding carboxylic acids is 1. The van der Waals surface area contributed by atoms with Crippen molar-refractivity contribution in [1.82, 2.24) is 9.62 Å². The molecule has 0 radical (unpaired) electrons. The van der Waals surface area contributed by atoms with Crippen molar-refractivity contribution in [3.05, 3.63) is 53.4 Å². The number of sulfonamides is 1. The van der Waals surface area contributed by atoms with Gasteiger partial charge in [-0.3, -0.25) is 4.79 Å². The largest absolute Gasteiger partial charge is 0.356 e. The maximum atomic E-state index is 12.2. The SMILES string of the molecule is CN(CCCC(=O)NCCc1ccccc1)S(=O)(=O)c1cccs1. The van der Waals surface area contributed by atoms with Crippen molar-refractivity contribution in [1.29, 1.82) is 0 Å². The fraction of sp³-hybridized carbons (Fsp3) is 0.353. The summed E-state index contributed by atoms with van der Waals surface area (Å²) in [6.45, 7) is 0.915. The van der Waals surface area contributed by atoms with Crippen molar-refractivity contribution >= 4 is 27.3 Å². The number of hydrogen-bond donors (Lipinski definition) is 1. The van der Waals surface area contributed by atoms with Gasteiger partial charge in [0.05, 0.1) is 0 Å². The molecule has 1 N–H and O–H groups in total. The van der Waals surface area contributed by atoms with Gasteiger partial charge in [-0.25, -0.2) is 12.7 Å². The summed E-state index contributed by atoms with van der Waals surface area (Å²) in [6, 6.07) is 13.3. The molecule has 0 saturated carbocycles. The third kappa shape index (κ3) is 5.43. The summed E-state index contributed by atoms with van der Waals surface area (Å²) < 4.78 is 26.1. The Balaban J connectivity index is 1.67. The molecule has 0 aliphatic heterocycles. The normalized spacial score (nSPS) is 11.6. The maximum absolute atomic E-state index is 12.2. The van der Waals surface area contributed by atoms with Crippen molar-refractivity contribution in [2.45, 2.75) is 23.5 Å². The van der Waals surface area contributed by atoms with Gasteiger partial charge in [-0.1, -0.05) is 36.4 Å². The molecule has 24 heavy (non-hydrogen) atoms. The van der Waals surface area contributed by atoms with E-state index in [9.17, 15) is 13.2 Å². The highest BCUT2D eigenvalue weighted by atomic mass is 32.2. The Labute approximate surface area is 147 Å². The van der Waals surface area contributed by atoms with Gasteiger partial charge >= 0.3 is 0 Å². The minimum absolute atomic E-state index is 0.0483. The van der Waals surface area contributed by atoms with Crippen LogP contribution in [0.1, 0.15) is 18.4 Å². The lowest BCUT2D eigenvalue weighted by molar-refractivity contribution is -0.121. The zero-order valence-corrected chi connectivity index (χ0v) is 15.3. The highest BCUT2D eigenvalue weighted by Crippen LogP contribution is 2.19. The molecule has 2 aromatic rings. The van der Waals surface area contributed by atoms with Crippen LogP contribution in [0.4, 0.5) is 0 Å². The van der Waals surface area contributed by atoms with E-state index in [4.69, 9.17) is 0 Å². The second-order valence-corrected chi connectivity index (χ2v) is 8.67. The van der Waals surface area contributed by atoms with Crippen LogP contribution in [0.5, 0.6) is 0 Å². The Bertz CT molecular complexity index is 728. The second-order valence-electron chi connectivity index (χ2n) is 5.45. The van der Waals surface area contributed by atoms with E-state index in [-0.39, 0.29) is 5.91 Å². The van der Waals surface area contributed by atoms with E-state index in [1.807, 2.05) is 30.3 Å². The molecule has 0 saturated heterocycles. The quantitative estimate of drug-likeness (QED) is 0.741. The molecule has 1 aromatic carbocycles. The second kappa shape index (κ2) is 8.96. The van der Waals surface area contributed by atoms with Crippen LogP contribution in [0, 0.1) is 0 Å². The maximum Gasteiger partial charge on any atom is 0.252 e. The topological polar surface area (TPSA) is 66.5 Å². The summed E-state index contributed by atoms with van der Waals surface area (Å²) in [5.74, 6) is -0.0483. The van der Waals surface area contributed by atoms with Crippen LogP contribution in [0.3, 0.4) is 0 Å². The highest BCUT2D eigenvalue weighted by Gasteiger charge is 2.21. The molecule has 0 unspecified atom stereocenters. The van der Waals surface area contributed by atoms with Gasteiger partial charge in [-0.2, -0.15) is 0 Å². The molecule has 1 heterocycles. The van der Waals surface area contributed by atoms with Crippen LogP contribution in [-0.4, -0.2) is 38.8 Å². The van der Waals surface area contributed by atoms with Gasteiger partial charge in [-0.05, 0) is 29.9 Å². The van der Waals surface area contributed by atoms with Crippen molar-refractivity contribution in [3.8, 4) is 0 Å². The first kappa shape index (κ1) is 18.6. The predicted octanol–water partition coefficient (Wildman–Crippen LogP) is 2.51. The minimum Gasteiger partial charge on any atom is -0.356 e. The third-order valence-electron chi connectivity index (χ3n) is 3.62. The van der Waals surface area contributed by atoms with E-state index in [1.165, 1.54) is 21.2 Å². The number of benzene rings is 1. The first-order valence-electron chi connectivity index (χ1n) is 7.80. The molecule has 130 valence electrons. The average Bonchev–Trinajstić information content (AvgIpc) is 3.11. The monoisotopic (exact) mass is 366 g/mol. The number of nitrogens with zero attached hydrogens (tertiary/aromatic N) is 1. The first-order valence-corrected chi connectivity index (χ1v) is 10.1. The molecule has 0 atom stereocenters. The zero-order valence-electron chi connectivity index (χ0n) is 13.6. The summed E-state index contributed by atoms with van der Waals surface area (Å²) in [6.07, 6.45) is 1.61. The van der Waals surface area contributed by atoms with Crippen LogP contribution in [-0.2, 0) is 21.2 Å². The number of amides is 1. The van der Waals surface area contributed by atoms with Crippen LogP contribution in [0.25, 0.3) is 0 Å². The standard InChI is InChI=1S/C17H22N2O3S2/c1-19(24(21,22)17-10-6-14-23-17)13-5-9-16(20)18-12-11-15-7-3-2-4-8-15/h2-4,6-8,10,14H,5,9,11-13H2,1H3,(H,18,20). The van der Waals surface area contributed by atoms with E-state index < -0.39 is 10.0 Å². The molecule has 2 rings (SSSR count). The van der Waals surface area contributed by atoms with Crippen LogP contribution >= 0.6 is 11.3 Å². The number of hydrogen-bond acceptors (Lipinski definition) is 4. The number of thiophene rings is 1. The number of carbonyl (C=O) groups is 1. The average molecular weight is 367 g/mol. The van der Waals surface area contributed by atoms with E-state index >= 15 is 0 Å². The Morgan fingerprint density at radius 3 is 2.58 bits per heavy atom. The van der Waals surface area contributed by atoms with E-state index in [0.717, 1.165) is 6.42 Å². The van der Waals surface area contributed by atoms with E-state index in [1.54, 1.807) is 24.6 Å². The first-order chi connectivity index (χ1) is 11.5. The lowest BCUT2D eigenvalue weighted by atomic mass is 10.1. The lowest BCUT2D eigenvalue weighted by Crippen LogP contribution is -2.30. The smallest absolute Gasteiger partial charge is 0.252 e. The van der Waals surface area contributed by atoms with E-state index in [2.05, 4.69) is 5.32 Å². The Kier molecular flexibility index (Phi) is 6.96. The summed E-state index contributed by atoms with van der Waals surface area (Å²) >= 11 is 1.20. The number of nitrogens with one attached hydrogen (secondary N) is 1. The van der Waals surface area contributed by atoms with Gasteiger partial charge in [0.1, 0.15) is 4.21 Å². The molecule has 0 spiro atoms. The molecule has 0 aliphatic carbocycles. The van der Waals surface area contributed by atoms with Gasteiger partial charge in [0.2, 0.25) is 5.91 Å². The molecule has 1 amide bonds. The highest BCUT2D eigenvalue weighted by molar-refractivity contribution is 7.91. The molecule has 7 heteroatoms. The van der Waals surface area contributed by atoms with E-state index in [0.29, 0.717) is 30.1 Å². The fourth-order valence-corrected chi connectivity index (χ4v) is 4.64. The van der Waals surface area contributed by atoms with Gasteiger partial charge < -0.3 is 5.32 Å². The Morgan fingerprint density at radius 2 is 1.92 bits per heavy atom. The summed E-state index contributed by atoms with van der Waals surface area (Å²) in [7, 11) is -1.88. The van der Waals surface area contributed by atoms with Crippen molar-refractivity contribution < 1.29 is 13.2 Å². The summed E-state index contributed by atoms with van der Waals surface area (Å²) in [5, 5.41) is 4.60. The van der Waals surface area contributed by atoms with Gasteiger partial charge in [0, 0.05) is 26.6 Å². The van der Waals surface area contributed by atoms with Gasteiger partial charge in [0.25, 0.3) is 10.0 Å². The van der Waals surface area contributed by atoms with Gasteiger partial charge in [-0.15, -0.1) is 11.3 Å². The minimum atomic E-state index is -3.43. The van der Waals surface area contributed by atoms with Crippen LogP contribution < -0.4 is 5.32 Å². The van der Waals surface area contributed by atoms with Crippen molar-refractivity contribution in [2.75, 3.05) is 20.1 Å². The summed E-state index contributed by atoms with van der Waals surface area (Å²) in [4.78, 5) is 11.8. The molecule has 0 aliphatic rings. The Hall–Kier alpha value is -1.70. The molecular weight excluding hydrogens is 344 g/mol. The molecule has 1 aromatic heterocycles. The van der Waals surface area contributed by atoms with Crippen molar-refractivity contribution in [2.24, 2.45) is 0 Å². The van der Waals surface area contributed by atoms with Crippen molar-refractivity contribution in [3.63, 3.8) is 0 Å². The van der Waals surface area contributed by atoms with Crippen LogP contribution in [0.15, 0.2) is 52.1 Å². The number of rotatable bonds is 9. The molecule has 5 nitrogen and oxygen atoms in total. The van der Waals surface area contributed by atoms with Crippen LogP contribution in [0.2, 0.25) is 0 Å². The molecule has 0 bridgehead atoms. The lowest BCUT2D eigenvalue weighted by Gasteiger charge is -2.15. The Morgan fingerprint density at radius 1 is 1.17 bits per heavy atom. The molecule has 0 fully saturated rings. The predicted molar refractivity (Wildman–Crippen MR) is 96.5 cm³/mol. The summed E-state index contributed by atoms with van der Waals surface area (Å²) in [5.41, 5.74) is 1.18. The molecular formula is C17H22N2O3S2. The third-order valence-corrected chi connectivity index (χ3v) is 6.85. The fourth-order valence-electron chi connectivity index (χ4n) is 2.23. The van der Waals surface area contributed by atoms with Gasteiger partial charge in [0.15, 0.2) is 0 Å².